The Morgan fingerprint density at radius 2 is 1.90 bits per heavy atom. The maximum atomic E-state index is 14.2. The number of morpholine rings is 1. The predicted octanol–water partition coefficient (Wildman–Crippen LogP) is 3.12. The largest absolute Gasteiger partial charge is 0.413 e. The molecule has 2 aliphatic heterocycles. The van der Waals surface area contributed by atoms with Crippen molar-refractivity contribution in [3.8, 4) is 0 Å². The SMILES string of the molecule is C[C@H](c1cccc(F)c1)N1c2nc(N3CCOCC3)cc(=O)n2C[C@@]1(C)C(F)(F)F. The number of alkyl halides is 3. The van der Waals surface area contributed by atoms with Gasteiger partial charge in [0.25, 0.3) is 5.56 Å². The van der Waals surface area contributed by atoms with Crippen molar-refractivity contribution < 1.29 is 22.3 Å². The highest BCUT2D eigenvalue weighted by atomic mass is 19.4. The highest BCUT2D eigenvalue weighted by molar-refractivity contribution is 5.52. The van der Waals surface area contributed by atoms with E-state index in [4.69, 9.17) is 4.74 Å². The third-order valence-electron chi connectivity index (χ3n) is 5.85. The number of ether oxygens (including phenoxy) is 1. The predicted molar refractivity (Wildman–Crippen MR) is 103 cm³/mol. The molecule has 1 fully saturated rings. The second-order valence-electron chi connectivity index (χ2n) is 7.81. The monoisotopic (exact) mass is 426 g/mol. The van der Waals surface area contributed by atoms with E-state index in [1.54, 1.807) is 13.0 Å². The van der Waals surface area contributed by atoms with Crippen LogP contribution in [0.1, 0.15) is 25.5 Å². The lowest BCUT2D eigenvalue weighted by atomic mass is 9.96. The van der Waals surface area contributed by atoms with Crippen molar-refractivity contribution in [1.82, 2.24) is 9.55 Å². The van der Waals surface area contributed by atoms with E-state index in [0.29, 0.717) is 37.7 Å². The van der Waals surface area contributed by atoms with Gasteiger partial charge in [0.15, 0.2) is 5.54 Å². The van der Waals surface area contributed by atoms with Crippen molar-refractivity contribution in [2.24, 2.45) is 0 Å². The number of anilines is 2. The molecule has 0 bridgehead atoms. The molecule has 0 amide bonds. The molecule has 3 heterocycles. The smallest absolute Gasteiger partial charge is 0.378 e. The van der Waals surface area contributed by atoms with Crippen LogP contribution in [0.4, 0.5) is 29.3 Å². The van der Waals surface area contributed by atoms with Crippen LogP contribution in [0.2, 0.25) is 0 Å². The van der Waals surface area contributed by atoms with E-state index in [1.165, 1.54) is 24.3 Å². The quantitative estimate of drug-likeness (QED) is 0.706. The van der Waals surface area contributed by atoms with Gasteiger partial charge in [-0.25, -0.2) is 4.39 Å². The van der Waals surface area contributed by atoms with Gasteiger partial charge in [-0.2, -0.15) is 18.2 Å². The molecule has 4 rings (SSSR count). The molecule has 1 saturated heterocycles. The molecule has 0 saturated carbocycles. The summed E-state index contributed by atoms with van der Waals surface area (Å²) in [6, 6.07) is 5.85. The lowest BCUT2D eigenvalue weighted by molar-refractivity contribution is -0.183. The topological polar surface area (TPSA) is 50.6 Å². The van der Waals surface area contributed by atoms with Gasteiger partial charge in [0.2, 0.25) is 5.95 Å². The number of aromatic nitrogens is 2. The Kier molecular flexibility index (Phi) is 5.00. The molecule has 30 heavy (non-hydrogen) atoms. The average molecular weight is 426 g/mol. The lowest BCUT2D eigenvalue weighted by Gasteiger charge is -2.40. The number of halogens is 4. The number of rotatable bonds is 3. The first-order valence-corrected chi connectivity index (χ1v) is 9.68. The standard InChI is InChI=1S/C20H22F4N4O2/c1-13(14-4-3-5-15(21)10-14)28-18-25-16(26-6-8-30-9-7-26)11-17(29)27(18)12-19(28,2)20(22,23)24/h3-5,10-11,13H,6-9,12H2,1-2H3/t13-,19+/m1/s1. The summed E-state index contributed by atoms with van der Waals surface area (Å²) in [6.07, 6.45) is -4.64. The van der Waals surface area contributed by atoms with Gasteiger partial charge in [0.1, 0.15) is 11.6 Å². The van der Waals surface area contributed by atoms with E-state index in [1.807, 2.05) is 4.90 Å². The third-order valence-corrected chi connectivity index (χ3v) is 5.85. The van der Waals surface area contributed by atoms with E-state index in [2.05, 4.69) is 4.98 Å². The summed E-state index contributed by atoms with van der Waals surface area (Å²) in [5.74, 6) is -0.294. The first-order valence-electron chi connectivity index (χ1n) is 9.68. The van der Waals surface area contributed by atoms with Crippen LogP contribution in [0.15, 0.2) is 35.1 Å². The van der Waals surface area contributed by atoms with Crippen molar-refractivity contribution in [3.63, 3.8) is 0 Å². The molecule has 2 atom stereocenters. The average Bonchev–Trinajstić information content (AvgIpc) is 3.02. The molecular weight excluding hydrogens is 404 g/mol. The van der Waals surface area contributed by atoms with Crippen molar-refractivity contribution in [2.45, 2.75) is 38.1 Å². The first kappa shape index (κ1) is 20.6. The Morgan fingerprint density at radius 1 is 1.20 bits per heavy atom. The van der Waals surface area contributed by atoms with Gasteiger partial charge in [-0.05, 0) is 31.5 Å². The van der Waals surface area contributed by atoms with Crippen LogP contribution in [0, 0.1) is 5.82 Å². The van der Waals surface area contributed by atoms with Crippen LogP contribution in [-0.4, -0.2) is 47.6 Å². The van der Waals surface area contributed by atoms with E-state index in [-0.39, 0.29) is 5.95 Å². The lowest BCUT2D eigenvalue weighted by Crippen LogP contribution is -2.56. The molecule has 0 aliphatic carbocycles. The summed E-state index contributed by atoms with van der Waals surface area (Å²) >= 11 is 0. The van der Waals surface area contributed by atoms with E-state index >= 15 is 0 Å². The van der Waals surface area contributed by atoms with Gasteiger partial charge in [-0.15, -0.1) is 0 Å². The molecule has 0 radical (unpaired) electrons. The normalized spacial score (nSPS) is 22.9. The molecule has 0 spiro atoms. The van der Waals surface area contributed by atoms with Crippen LogP contribution in [0.3, 0.4) is 0 Å². The van der Waals surface area contributed by atoms with Crippen molar-refractivity contribution in [3.05, 3.63) is 52.1 Å². The number of benzene rings is 1. The van der Waals surface area contributed by atoms with E-state index in [0.717, 1.165) is 16.4 Å². The maximum absolute atomic E-state index is 14.2. The summed E-state index contributed by atoms with van der Waals surface area (Å²) in [5.41, 5.74) is -2.56. The molecule has 0 N–H and O–H groups in total. The Balaban J connectivity index is 1.85. The van der Waals surface area contributed by atoms with Crippen LogP contribution in [0.25, 0.3) is 0 Å². The van der Waals surface area contributed by atoms with Crippen LogP contribution >= 0.6 is 0 Å². The number of nitrogens with zero attached hydrogens (tertiary/aromatic N) is 4. The summed E-state index contributed by atoms with van der Waals surface area (Å²) in [5, 5.41) is 0. The number of fused-ring (bicyclic) bond motifs is 1. The fourth-order valence-electron chi connectivity index (χ4n) is 4.12. The fraction of sp³-hybridized carbons (Fsp3) is 0.500. The molecular formula is C20H22F4N4O2. The Bertz CT molecular complexity index is 1000. The Hall–Kier alpha value is -2.62. The zero-order valence-electron chi connectivity index (χ0n) is 16.6. The molecule has 0 unspecified atom stereocenters. The minimum Gasteiger partial charge on any atom is -0.378 e. The van der Waals surface area contributed by atoms with Gasteiger partial charge in [0, 0.05) is 19.2 Å². The molecule has 2 aliphatic rings. The summed E-state index contributed by atoms with van der Waals surface area (Å²) in [7, 11) is 0. The Morgan fingerprint density at radius 3 is 2.53 bits per heavy atom. The molecule has 1 aromatic heterocycles. The first-order chi connectivity index (χ1) is 14.1. The highest BCUT2D eigenvalue weighted by Gasteiger charge is 2.61. The zero-order valence-corrected chi connectivity index (χ0v) is 16.6. The summed E-state index contributed by atoms with van der Waals surface area (Å²) < 4.78 is 62.8. The molecule has 10 heteroatoms. The minimum atomic E-state index is -4.64. The van der Waals surface area contributed by atoms with Crippen LogP contribution in [-0.2, 0) is 11.3 Å². The van der Waals surface area contributed by atoms with Crippen molar-refractivity contribution in [2.75, 3.05) is 36.1 Å². The molecule has 2 aromatic rings. The molecule has 1 aromatic carbocycles. The van der Waals surface area contributed by atoms with Crippen molar-refractivity contribution >= 4 is 11.8 Å². The van der Waals surface area contributed by atoms with Gasteiger partial charge in [-0.1, -0.05) is 12.1 Å². The van der Waals surface area contributed by atoms with Gasteiger partial charge >= 0.3 is 6.18 Å². The second-order valence-corrected chi connectivity index (χ2v) is 7.81. The van der Waals surface area contributed by atoms with Crippen LogP contribution in [0.5, 0.6) is 0 Å². The third kappa shape index (κ3) is 3.32. The number of hydrogen-bond donors (Lipinski definition) is 0. The molecule has 162 valence electrons. The van der Waals surface area contributed by atoms with E-state index < -0.39 is 35.7 Å². The Labute approximate surface area is 170 Å². The summed E-state index contributed by atoms with van der Waals surface area (Å²) in [6.45, 7) is 3.90. The fourth-order valence-corrected chi connectivity index (χ4v) is 4.12. The van der Waals surface area contributed by atoms with Crippen LogP contribution < -0.4 is 15.4 Å². The second kappa shape index (κ2) is 7.26. The van der Waals surface area contributed by atoms with E-state index in [9.17, 15) is 22.4 Å². The highest BCUT2D eigenvalue weighted by Crippen LogP contribution is 2.47. The van der Waals surface area contributed by atoms with Gasteiger partial charge < -0.3 is 14.5 Å². The zero-order chi connectivity index (χ0) is 21.7. The molecule has 6 nitrogen and oxygen atoms in total. The summed E-state index contributed by atoms with van der Waals surface area (Å²) in [4.78, 5) is 20.1. The number of hydrogen-bond acceptors (Lipinski definition) is 5. The maximum Gasteiger partial charge on any atom is 0.413 e. The minimum absolute atomic E-state index is 0.0689. The van der Waals surface area contributed by atoms with Crippen molar-refractivity contribution in [1.29, 1.82) is 0 Å². The van der Waals surface area contributed by atoms with Gasteiger partial charge in [0.05, 0.1) is 25.8 Å². The van der Waals surface area contributed by atoms with Gasteiger partial charge in [-0.3, -0.25) is 9.36 Å².